The summed E-state index contributed by atoms with van der Waals surface area (Å²) in [6, 6.07) is -5.41. The third kappa shape index (κ3) is 7.77. The van der Waals surface area contributed by atoms with Gasteiger partial charge >= 0.3 is 11.9 Å². The number of amides is 4. The fraction of sp³-hybridized carbons (Fsp3) is 0.667. The first kappa shape index (κ1) is 26.8. The van der Waals surface area contributed by atoms with E-state index in [0.717, 1.165) is 11.8 Å². The summed E-state index contributed by atoms with van der Waals surface area (Å²) in [7, 11) is 0. The van der Waals surface area contributed by atoms with Gasteiger partial charge in [0.25, 0.3) is 0 Å². The second kappa shape index (κ2) is 12.0. The predicted molar refractivity (Wildman–Crippen MR) is 107 cm³/mol. The second-order valence-electron chi connectivity index (χ2n) is 7.53. The molecule has 4 amide bonds. The van der Waals surface area contributed by atoms with Crippen LogP contribution < -0.4 is 22.1 Å². The average Bonchev–Trinajstić information content (AvgIpc) is 3.16. The molecule has 0 aromatic heterocycles. The molecule has 0 spiro atoms. The minimum absolute atomic E-state index is 0.158. The fourth-order valence-corrected chi connectivity index (χ4v) is 3.26. The van der Waals surface area contributed by atoms with Crippen LogP contribution in [0.25, 0.3) is 0 Å². The molecular weight excluding hydrogens is 430 g/mol. The van der Waals surface area contributed by atoms with E-state index in [1.807, 2.05) is 0 Å². The number of hydrogen-bond acceptors (Lipinski definition) is 8. The van der Waals surface area contributed by atoms with E-state index in [0.29, 0.717) is 6.42 Å². The summed E-state index contributed by atoms with van der Waals surface area (Å²) in [5, 5.41) is 31.9. The fourth-order valence-electron chi connectivity index (χ4n) is 3.26. The molecule has 5 unspecified atom stereocenters. The van der Waals surface area contributed by atoms with Gasteiger partial charge in [0.05, 0.1) is 18.6 Å². The predicted octanol–water partition coefficient (Wildman–Crippen LogP) is -3.52. The number of hydrogen-bond donors (Lipinski definition) is 7. The van der Waals surface area contributed by atoms with Crippen LogP contribution in [-0.2, 0) is 28.8 Å². The maximum absolute atomic E-state index is 12.8. The summed E-state index contributed by atoms with van der Waals surface area (Å²) < 4.78 is 0. The molecule has 0 aromatic rings. The Morgan fingerprint density at radius 1 is 1.12 bits per heavy atom. The molecule has 1 heterocycles. The molecule has 1 saturated heterocycles. The van der Waals surface area contributed by atoms with Crippen LogP contribution in [0.1, 0.15) is 39.0 Å². The maximum Gasteiger partial charge on any atom is 0.328 e. The lowest BCUT2D eigenvalue weighted by atomic mass is 10.1. The van der Waals surface area contributed by atoms with Gasteiger partial charge in [-0.25, -0.2) is 4.79 Å². The Balaban J connectivity index is 2.95. The summed E-state index contributed by atoms with van der Waals surface area (Å²) in [6.07, 6.45) is -1.96. The number of nitrogens with two attached hydrogens (primary N) is 2. The van der Waals surface area contributed by atoms with Crippen LogP contribution in [0.4, 0.5) is 0 Å². The van der Waals surface area contributed by atoms with E-state index < -0.39 is 72.3 Å². The van der Waals surface area contributed by atoms with Crippen molar-refractivity contribution >= 4 is 35.6 Å². The summed E-state index contributed by atoms with van der Waals surface area (Å²) in [4.78, 5) is 72.1. The molecule has 1 rings (SSSR count). The second-order valence-corrected chi connectivity index (χ2v) is 7.53. The lowest BCUT2D eigenvalue weighted by molar-refractivity contribution is -0.146. The first-order chi connectivity index (χ1) is 14.8. The van der Waals surface area contributed by atoms with Crippen LogP contribution in [0, 0.1) is 0 Å². The zero-order valence-electron chi connectivity index (χ0n) is 17.5. The number of aliphatic hydroxyl groups excluding tert-OH is 1. The van der Waals surface area contributed by atoms with Gasteiger partial charge in [0.2, 0.25) is 23.6 Å². The molecule has 14 nitrogen and oxygen atoms in total. The first-order valence-corrected chi connectivity index (χ1v) is 9.92. The van der Waals surface area contributed by atoms with Gasteiger partial charge in [-0.05, 0) is 26.2 Å². The van der Waals surface area contributed by atoms with Crippen LogP contribution >= 0.6 is 0 Å². The van der Waals surface area contributed by atoms with Crippen molar-refractivity contribution in [1.82, 2.24) is 15.5 Å². The number of aliphatic hydroxyl groups is 1. The highest BCUT2D eigenvalue weighted by molar-refractivity contribution is 5.95. The van der Waals surface area contributed by atoms with Crippen molar-refractivity contribution < 1.29 is 44.1 Å². The number of carboxylic acid groups (broad SMARTS) is 2. The first-order valence-electron chi connectivity index (χ1n) is 9.92. The van der Waals surface area contributed by atoms with Gasteiger partial charge in [0.15, 0.2) is 6.04 Å². The number of likely N-dealkylation sites (tertiary alicyclic amines) is 1. The highest BCUT2D eigenvalue weighted by Crippen LogP contribution is 2.19. The SMILES string of the molecule is CC(O)C(NC(=O)C(CCC(N)=O)NC(=O)C1CCCN1C(=O)C(N)CC(=O)O)C(=O)O. The highest BCUT2D eigenvalue weighted by Gasteiger charge is 2.38. The number of nitrogens with one attached hydrogen (secondary N) is 2. The van der Waals surface area contributed by atoms with Gasteiger partial charge in [0.1, 0.15) is 12.1 Å². The van der Waals surface area contributed by atoms with Crippen LogP contribution in [0.3, 0.4) is 0 Å². The molecule has 0 bridgehead atoms. The molecule has 32 heavy (non-hydrogen) atoms. The number of carbonyl (C=O) groups is 6. The van der Waals surface area contributed by atoms with Crippen molar-refractivity contribution in [3.63, 3.8) is 0 Å². The van der Waals surface area contributed by atoms with Crippen LogP contribution in [0.2, 0.25) is 0 Å². The maximum atomic E-state index is 12.8. The lowest BCUT2D eigenvalue weighted by Gasteiger charge is -2.28. The van der Waals surface area contributed by atoms with E-state index in [9.17, 15) is 33.9 Å². The molecular formula is C18H29N5O9. The molecule has 0 aromatic carbocycles. The summed E-state index contributed by atoms with van der Waals surface area (Å²) in [6.45, 7) is 1.31. The Hall–Kier alpha value is -3.26. The Kier molecular flexibility index (Phi) is 10.00. The van der Waals surface area contributed by atoms with Crippen LogP contribution in [0.15, 0.2) is 0 Å². The van der Waals surface area contributed by atoms with E-state index in [4.69, 9.17) is 21.7 Å². The summed E-state index contributed by atoms with van der Waals surface area (Å²) >= 11 is 0. The summed E-state index contributed by atoms with van der Waals surface area (Å²) in [5.41, 5.74) is 10.7. The van der Waals surface area contributed by atoms with E-state index >= 15 is 0 Å². The monoisotopic (exact) mass is 459 g/mol. The van der Waals surface area contributed by atoms with Crippen molar-refractivity contribution in [3.8, 4) is 0 Å². The third-order valence-corrected chi connectivity index (χ3v) is 4.91. The van der Waals surface area contributed by atoms with Gasteiger partial charge in [-0.3, -0.25) is 24.0 Å². The molecule has 180 valence electrons. The Morgan fingerprint density at radius 2 is 1.75 bits per heavy atom. The molecule has 0 radical (unpaired) electrons. The molecule has 0 saturated carbocycles. The molecule has 14 heteroatoms. The smallest absolute Gasteiger partial charge is 0.328 e. The third-order valence-electron chi connectivity index (χ3n) is 4.91. The molecule has 9 N–H and O–H groups in total. The number of carbonyl (C=O) groups excluding carboxylic acids is 4. The Bertz CT molecular complexity index is 757. The molecule has 1 aliphatic rings. The van der Waals surface area contributed by atoms with Crippen molar-refractivity contribution in [2.45, 2.75) is 69.3 Å². The minimum Gasteiger partial charge on any atom is -0.481 e. The van der Waals surface area contributed by atoms with E-state index in [1.165, 1.54) is 0 Å². The number of primary amides is 1. The number of aliphatic carboxylic acids is 2. The van der Waals surface area contributed by atoms with Gasteiger partial charge in [-0.2, -0.15) is 0 Å². The zero-order chi connectivity index (χ0) is 24.6. The van der Waals surface area contributed by atoms with Crippen molar-refractivity contribution in [1.29, 1.82) is 0 Å². The Morgan fingerprint density at radius 3 is 2.25 bits per heavy atom. The van der Waals surface area contributed by atoms with Crippen molar-refractivity contribution in [2.75, 3.05) is 6.54 Å². The van der Waals surface area contributed by atoms with Crippen LogP contribution in [0.5, 0.6) is 0 Å². The Labute approximate surface area is 183 Å². The van der Waals surface area contributed by atoms with Gasteiger partial charge in [-0.15, -0.1) is 0 Å². The van der Waals surface area contributed by atoms with E-state index in [2.05, 4.69) is 10.6 Å². The number of rotatable bonds is 12. The van der Waals surface area contributed by atoms with Crippen LogP contribution in [-0.4, -0.2) is 92.6 Å². The topological polar surface area (TPSA) is 242 Å². The molecule has 1 aliphatic heterocycles. The standard InChI is InChI=1S/C18H29N5O9/c1-8(24)14(18(31)32)22-15(28)10(4-5-12(20)25)21-16(29)11-3-2-6-23(11)17(30)9(19)7-13(26)27/h8-11,14,24H,2-7,19H2,1H3,(H2,20,25)(H,21,29)(H,22,28)(H,26,27)(H,31,32). The summed E-state index contributed by atoms with van der Waals surface area (Å²) in [5.74, 6) is -6.00. The minimum atomic E-state index is -1.66. The highest BCUT2D eigenvalue weighted by atomic mass is 16.4. The molecule has 1 fully saturated rings. The molecule has 5 atom stereocenters. The van der Waals surface area contributed by atoms with Gasteiger partial charge in [-0.1, -0.05) is 0 Å². The van der Waals surface area contributed by atoms with Gasteiger partial charge in [0, 0.05) is 13.0 Å². The largest absolute Gasteiger partial charge is 0.481 e. The average molecular weight is 459 g/mol. The van der Waals surface area contributed by atoms with Gasteiger partial charge < -0.3 is 42.3 Å². The van der Waals surface area contributed by atoms with Crippen molar-refractivity contribution in [3.05, 3.63) is 0 Å². The molecule has 0 aliphatic carbocycles. The zero-order valence-corrected chi connectivity index (χ0v) is 17.5. The quantitative estimate of drug-likeness (QED) is 0.152. The van der Waals surface area contributed by atoms with E-state index in [-0.39, 0.29) is 25.8 Å². The van der Waals surface area contributed by atoms with Crippen molar-refractivity contribution in [2.24, 2.45) is 11.5 Å². The lowest BCUT2D eigenvalue weighted by Crippen LogP contribution is -2.58. The normalized spacial score (nSPS) is 19.3. The number of carboxylic acids is 2. The number of nitrogens with zero attached hydrogens (tertiary/aromatic N) is 1. The van der Waals surface area contributed by atoms with E-state index in [1.54, 1.807) is 0 Å².